The van der Waals surface area contributed by atoms with E-state index in [1.807, 2.05) is 0 Å². The van der Waals surface area contributed by atoms with Crippen molar-refractivity contribution < 1.29 is 0 Å². The number of anilines is 3. The molecule has 0 unspecified atom stereocenters. The van der Waals surface area contributed by atoms with Gasteiger partial charge in [-0.1, -0.05) is 176 Å². The van der Waals surface area contributed by atoms with E-state index >= 15 is 0 Å². The molecule has 1 nitrogen and oxygen atoms in total. The molecule has 9 aromatic carbocycles. The van der Waals surface area contributed by atoms with Crippen molar-refractivity contribution in [2.24, 2.45) is 0 Å². The quantitative estimate of drug-likeness (QED) is 0.155. The summed E-state index contributed by atoms with van der Waals surface area (Å²) in [6, 6.07) is 76.6. The third-order valence-electron chi connectivity index (χ3n) is 9.88. The summed E-state index contributed by atoms with van der Waals surface area (Å²) in [5, 5.41) is 5.10. The van der Waals surface area contributed by atoms with E-state index in [4.69, 9.17) is 0 Å². The van der Waals surface area contributed by atoms with Crippen LogP contribution in [0.5, 0.6) is 0 Å². The van der Waals surface area contributed by atoms with Crippen LogP contribution in [0.4, 0.5) is 17.1 Å². The standard InChI is InChI=1S/C50H35N/c1-3-15-37(16-4-1)44-21-9-10-22-46(44)47-23-11-12-24-48(47)49-25-13-14-26-50(49)51(41-18-5-2-6-19-41)42-32-29-36(30-33-42)39-31-34-45-40(35-39)28-27-38-17-7-8-20-43(38)45/h1-35H. The number of benzene rings is 9. The lowest BCUT2D eigenvalue weighted by Crippen LogP contribution is -2.11. The molecule has 9 rings (SSSR count). The zero-order valence-electron chi connectivity index (χ0n) is 28.2. The first-order chi connectivity index (χ1) is 25.3. The molecule has 0 aliphatic rings. The van der Waals surface area contributed by atoms with E-state index in [2.05, 4.69) is 217 Å². The molecule has 0 N–H and O–H groups in total. The van der Waals surface area contributed by atoms with E-state index in [0.29, 0.717) is 0 Å². The van der Waals surface area contributed by atoms with Gasteiger partial charge in [0.2, 0.25) is 0 Å². The van der Waals surface area contributed by atoms with Crippen LogP contribution in [0.2, 0.25) is 0 Å². The highest BCUT2D eigenvalue weighted by Gasteiger charge is 2.20. The minimum absolute atomic E-state index is 1.10. The summed E-state index contributed by atoms with van der Waals surface area (Å²) in [5.41, 5.74) is 13.0. The third kappa shape index (κ3) is 5.75. The molecule has 0 heterocycles. The molecular weight excluding hydrogens is 615 g/mol. The second-order valence-corrected chi connectivity index (χ2v) is 12.9. The molecule has 0 bridgehead atoms. The van der Waals surface area contributed by atoms with Gasteiger partial charge in [-0.2, -0.15) is 0 Å². The Bertz CT molecular complexity index is 2620. The van der Waals surface area contributed by atoms with Crippen molar-refractivity contribution in [1.29, 1.82) is 0 Å². The fourth-order valence-electron chi connectivity index (χ4n) is 7.44. The summed E-state index contributed by atoms with van der Waals surface area (Å²) in [4.78, 5) is 2.38. The SMILES string of the molecule is c1ccc(-c2ccccc2-c2ccccc2-c2ccccc2N(c2ccccc2)c2ccc(-c3ccc4c(ccc5ccccc54)c3)cc2)cc1. The predicted molar refractivity (Wildman–Crippen MR) is 218 cm³/mol. The van der Waals surface area contributed by atoms with E-state index in [1.165, 1.54) is 66.1 Å². The summed E-state index contributed by atoms with van der Waals surface area (Å²) in [6.45, 7) is 0. The molecule has 0 fully saturated rings. The van der Waals surface area contributed by atoms with Crippen molar-refractivity contribution >= 4 is 38.6 Å². The molecule has 240 valence electrons. The molecule has 0 aliphatic heterocycles. The van der Waals surface area contributed by atoms with Crippen LogP contribution in [0.3, 0.4) is 0 Å². The molecule has 0 saturated carbocycles. The van der Waals surface area contributed by atoms with Crippen LogP contribution in [0.15, 0.2) is 212 Å². The van der Waals surface area contributed by atoms with Gasteiger partial charge < -0.3 is 4.90 Å². The van der Waals surface area contributed by atoms with Gasteiger partial charge in [0.1, 0.15) is 0 Å². The van der Waals surface area contributed by atoms with Crippen LogP contribution >= 0.6 is 0 Å². The second kappa shape index (κ2) is 13.3. The van der Waals surface area contributed by atoms with Crippen LogP contribution in [-0.4, -0.2) is 0 Å². The summed E-state index contributed by atoms with van der Waals surface area (Å²) in [6.07, 6.45) is 0. The number of para-hydroxylation sites is 2. The van der Waals surface area contributed by atoms with Gasteiger partial charge in [0.25, 0.3) is 0 Å². The minimum Gasteiger partial charge on any atom is -0.310 e. The smallest absolute Gasteiger partial charge is 0.0540 e. The topological polar surface area (TPSA) is 3.24 Å². The Kier molecular flexibility index (Phi) is 7.92. The Morgan fingerprint density at radius 1 is 0.255 bits per heavy atom. The predicted octanol–water partition coefficient (Wildman–Crippen LogP) is 14.1. The van der Waals surface area contributed by atoms with Crippen molar-refractivity contribution in [2.75, 3.05) is 4.90 Å². The van der Waals surface area contributed by atoms with Gasteiger partial charge in [0.05, 0.1) is 5.69 Å². The minimum atomic E-state index is 1.10. The molecule has 0 aromatic heterocycles. The summed E-state index contributed by atoms with van der Waals surface area (Å²) < 4.78 is 0. The lowest BCUT2D eigenvalue weighted by molar-refractivity contribution is 1.28. The van der Waals surface area contributed by atoms with Gasteiger partial charge in [-0.3, -0.25) is 0 Å². The number of rotatable bonds is 7. The van der Waals surface area contributed by atoms with Crippen molar-refractivity contribution in [3.63, 3.8) is 0 Å². The summed E-state index contributed by atoms with van der Waals surface area (Å²) in [7, 11) is 0. The van der Waals surface area contributed by atoms with Crippen LogP contribution in [-0.2, 0) is 0 Å². The Balaban J connectivity index is 1.15. The van der Waals surface area contributed by atoms with Crippen LogP contribution in [0, 0.1) is 0 Å². The maximum Gasteiger partial charge on any atom is 0.0540 e. The van der Waals surface area contributed by atoms with Crippen molar-refractivity contribution in [2.45, 2.75) is 0 Å². The van der Waals surface area contributed by atoms with Gasteiger partial charge in [-0.15, -0.1) is 0 Å². The second-order valence-electron chi connectivity index (χ2n) is 12.9. The van der Waals surface area contributed by atoms with Gasteiger partial charge in [-0.05, 0) is 96.9 Å². The molecule has 0 saturated heterocycles. The zero-order chi connectivity index (χ0) is 34.0. The number of hydrogen-bond donors (Lipinski definition) is 0. The monoisotopic (exact) mass is 649 g/mol. The van der Waals surface area contributed by atoms with E-state index in [1.54, 1.807) is 0 Å². The normalized spacial score (nSPS) is 11.1. The fourth-order valence-corrected chi connectivity index (χ4v) is 7.44. The van der Waals surface area contributed by atoms with Gasteiger partial charge in [0.15, 0.2) is 0 Å². The molecule has 0 radical (unpaired) electrons. The zero-order valence-corrected chi connectivity index (χ0v) is 28.2. The molecule has 0 aliphatic carbocycles. The molecule has 51 heavy (non-hydrogen) atoms. The highest BCUT2D eigenvalue weighted by atomic mass is 15.1. The van der Waals surface area contributed by atoms with Crippen molar-refractivity contribution in [3.8, 4) is 44.5 Å². The third-order valence-corrected chi connectivity index (χ3v) is 9.88. The van der Waals surface area contributed by atoms with E-state index in [0.717, 1.165) is 17.1 Å². The molecule has 0 atom stereocenters. The average molecular weight is 650 g/mol. The number of nitrogens with zero attached hydrogens (tertiary/aromatic N) is 1. The Labute approximate surface area is 299 Å². The van der Waals surface area contributed by atoms with Crippen LogP contribution in [0.1, 0.15) is 0 Å². The van der Waals surface area contributed by atoms with Gasteiger partial charge in [-0.25, -0.2) is 0 Å². The largest absolute Gasteiger partial charge is 0.310 e. The highest BCUT2D eigenvalue weighted by Crippen LogP contribution is 2.45. The van der Waals surface area contributed by atoms with E-state index in [9.17, 15) is 0 Å². The van der Waals surface area contributed by atoms with E-state index < -0.39 is 0 Å². The molecule has 0 spiro atoms. The summed E-state index contributed by atoms with van der Waals surface area (Å²) in [5.74, 6) is 0. The maximum atomic E-state index is 2.38. The average Bonchev–Trinajstić information content (AvgIpc) is 3.22. The Hall–Kier alpha value is -6.70. The molecular formula is C50H35N. The lowest BCUT2D eigenvalue weighted by atomic mass is 9.88. The first-order valence-corrected chi connectivity index (χ1v) is 17.5. The van der Waals surface area contributed by atoms with Gasteiger partial charge in [0, 0.05) is 16.9 Å². The van der Waals surface area contributed by atoms with E-state index in [-0.39, 0.29) is 0 Å². The van der Waals surface area contributed by atoms with Crippen molar-refractivity contribution in [3.05, 3.63) is 212 Å². The Morgan fingerprint density at radius 3 is 1.49 bits per heavy atom. The molecule has 9 aromatic rings. The van der Waals surface area contributed by atoms with Crippen LogP contribution < -0.4 is 4.90 Å². The molecule has 1 heteroatoms. The fraction of sp³-hybridized carbons (Fsp3) is 0. The van der Waals surface area contributed by atoms with Gasteiger partial charge >= 0.3 is 0 Å². The van der Waals surface area contributed by atoms with Crippen LogP contribution in [0.25, 0.3) is 66.1 Å². The molecule has 0 amide bonds. The first-order valence-electron chi connectivity index (χ1n) is 17.5. The lowest BCUT2D eigenvalue weighted by Gasteiger charge is -2.28. The van der Waals surface area contributed by atoms with Crippen molar-refractivity contribution in [1.82, 2.24) is 0 Å². The number of fused-ring (bicyclic) bond motifs is 3. The summed E-state index contributed by atoms with van der Waals surface area (Å²) >= 11 is 0. The highest BCUT2D eigenvalue weighted by molar-refractivity contribution is 6.08. The Morgan fingerprint density at radius 2 is 0.745 bits per heavy atom. The maximum absolute atomic E-state index is 2.38. The first kappa shape index (κ1) is 30.4. The number of hydrogen-bond acceptors (Lipinski definition) is 1.